The average molecular weight is 719 g/mol. The number of allylic oxidation sites excluding steroid dienone is 8. The minimum atomic E-state index is -1.14. The highest BCUT2D eigenvalue weighted by Crippen LogP contribution is 2.52. The van der Waals surface area contributed by atoms with Crippen LogP contribution in [0.1, 0.15) is 85.3 Å². The molecule has 1 aliphatic carbocycles. The Labute approximate surface area is 306 Å². The molecule has 0 aromatic carbocycles. The van der Waals surface area contributed by atoms with Crippen LogP contribution < -0.4 is 0 Å². The number of nitrogens with one attached hydrogen (secondary N) is 2. The molecule has 12 heteroatoms. The number of hydrogen-bond donors (Lipinski definition) is 3. The molecule has 0 radical (unpaired) electrons. The summed E-state index contributed by atoms with van der Waals surface area (Å²) in [7, 11) is 3.89. The highest BCUT2D eigenvalue weighted by molar-refractivity contribution is 6.02. The fourth-order valence-corrected chi connectivity index (χ4v) is 7.70. The van der Waals surface area contributed by atoms with E-state index in [9.17, 15) is 24.3 Å². The average Bonchev–Trinajstić information content (AvgIpc) is 3.79. The van der Waals surface area contributed by atoms with E-state index in [1.807, 2.05) is 58.0 Å². The van der Waals surface area contributed by atoms with Gasteiger partial charge in [-0.15, -0.1) is 0 Å². The Kier molecular flexibility index (Phi) is 9.83. The molecule has 274 valence electrons. The standard InChI is InChI=1S/C41H42N4O8/c1-9-23-20(2)29-17-34-27-13-10-26(39(49)52-7)38(40(50)53-8)41(27,5)35(45-34)19-30-22(4)25(12-15-37(48)51-6)33(44-30)18-32-24(11-14-36(46)47)21(3)28(43-32)16-31(23)42-29/h9-10,13,16-19,38,43,45H,1,11-12,14-15H2,2-8H3,(H,46,47)/t38-,41+/m0/s1. The van der Waals surface area contributed by atoms with Crippen molar-refractivity contribution in [2.24, 2.45) is 5.92 Å². The number of carbonyl (C=O) groups excluding carboxylic acids is 3. The van der Waals surface area contributed by atoms with Crippen LogP contribution in [0, 0.1) is 12.8 Å². The van der Waals surface area contributed by atoms with Crippen LogP contribution in [0.4, 0.5) is 0 Å². The predicted octanol–water partition coefficient (Wildman–Crippen LogP) is 6.61. The lowest BCUT2D eigenvalue weighted by Gasteiger charge is -2.36. The normalized spacial score (nSPS) is 18.4. The number of esters is 3. The number of carbonyl (C=O) groups is 4. The number of H-pyrrole nitrogens is 2. The van der Waals surface area contributed by atoms with E-state index in [-0.39, 0.29) is 30.8 Å². The van der Waals surface area contributed by atoms with Crippen LogP contribution in [0.5, 0.6) is 0 Å². The van der Waals surface area contributed by atoms with Crippen LogP contribution >= 0.6 is 0 Å². The van der Waals surface area contributed by atoms with Gasteiger partial charge in [-0.25, -0.2) is 14.8 Å². The van der Waals surface area contributed by atoms with Gasteiger partial charge in [0.15, 0.2) is 0 Å². The van der Waals surface area contributed by atoms with E-state index in [4.69, 9.17) is 24.2 Å². The molecule has 2 atom stereocenters. The molecule has 2 aromatic heterocycles. The molecule has 0 amide bonds. The Bertz CT molecular complexity index is 2320. The number of rotatable bonds is 9. The van der Waals surface area contributed by atoms with Gasteiger partial charge in [-0.05, 0) is 98.2 Å². The number of carboxylic acid groups (broad SMARTS) is 1. The minimum absolute atomic E-state index is 0.0776. The predicted molar refractivity (Wildman–Crippen MR) is 200 cm³/mol. The Morgan fingerprint density at radius 2 is 1.55 bits per heavy atom. The van der Waals surface area contributed by atoms with Crippen LogP contribution in [0.25, 0.3) is 38.9 Å². The van der Waals surface area contributed by atoms with Crippen LogP contribution in [0.3, 0.4) is 0 Å². The molecule has 3 N–H and O–H groups in total. The molecule has 2 aromatic rings. The molecule has 0 saturated carbocycles. The summed E-state index contributed by atoms with van der Waals surface area (Å²) in [5.41, 5.74) is 9.93. The van der Waals surface area contributed by atoms with Gasteiger partial charge in [-0.3, -0.25) is 14.4 Å². The highest BCUT2D eigenvalue weighted by atomic mass is 16.5. The van der Waals surface area contributed by atoms with Gasteiger partial charge in [0, 0.05) is 40.8 Å². The zero-order valence-electron chi connectivity index (χ0n) is 30.9. The molecule has 3 aliphatic heterocycles. The molecular weight excluding hydrogens is 676 g/mol. The molecule has 0 unspecified atom stereocenters. The molecule has 8 bridgehead atoms. The van der Waals surface area contributed by atoms with E-state index in [2.05, 4.69) is 16.5 Å². The monoisotopic (exact) mass is 718 g/mol. The second kappa shape index (κ2) is 14.2. The smallest absolute Gasteiger partial charge is 0.334 e. The van der Waals surface area contributed by atoms with Crippen molar-refractivity contribution in [3.05, 3.63) is 99.9 Å². The van der Waals surface area contributed by atoms with E-state index >= 15 is 0 Å². The summed E-state index contributed by atoms with van der Waals surface area (Å²) in [5, 5.41) is 9.61. The third-order valence-corrected chi connectivity index (χ3v) is 10.7. The van der Waals surface area contributed by atoms with Gasteiger partial charge in [-0.2, -0.15) is 0 Å². The second-order valence-electron chi connectivity index (χ2n) is 13.5. The van der Waals surface area contributed by atoms with Gasteiger partial charge < -0.3 is 29.3 Å². The summed E-state index contributed by atoms with van der Waals surface area (Å²) in [6.07, 6.45) is 5.79. The Morgan fingerprint density at radius 3 is 2.21 bits per heavy atom. The fraction of sp³-hybridized carbons (Fsp3) is 0.317. The van der Waals surface area contributed by atoms with Crippen LogP contribution in [0.2, 0.25) is 0 Å². The summed E-state index contributed by atoms with van der Waals surface area (Å²) in [6.45, 7) is 11.8. The van der Waals surface area contributed by atoms with Crippen molar-refractivity contribution in [3.63, 3.8) is 0 Å². The molecule has 6 rings (SSSR count). The Balaban J connectivity index is 1.76. The van der Waals surface area contributed by atoms with Gasteiger partial charge in [0.1, 0.15) is 5.92 Å². The lowest BCUT2D eigenvalue weighted by molar-refractivity contribution is -0.149. The first-order chi connectivity index (χ1) is 25.3. The van der Waals surface area contributed by atoms with Crippen LogP contribution in [-0.4, -0.2) is 70.2 Å². The van der Waals surface area contributed by atoms with E-state index < -0.39 is 29.2 Å². The van der Waals surface area contributed by atoms with E-state index in [0.717, 1.165) is 44.5 Å². The van der Waals surface area contributed by atoms with Crippen molar-refractivity contribution in [2.75, 3.05) is 21.3 Å². The number of ether oxygens (including phenoxy) is 3. The van der Waals surface area contributed by atoms with Crippen molar-refractivity contribution >= 4 is 62.8 Å². The van der Waals surface area contributed by atoms with Crippen molar-refractivity contribution in [2.45, 2.75) is 58.8 Å². The maximum Gasteiger partial charge on any atom is 0.334 e. The molecule has 0 spiro atoms. The second-order valence-corrected chi connectivity index (χ2v) is 13.5. The number of methoxy groups -OCH3 is 3. The van der Waals surface area contributed by atoms with Gasteiger partial charge >= 0.3 is 23.9 Å². The summed E-state index contributed by atoms with van der Waals surface area (Å²) >= 11 is 0. The number of hydrogen-bond acceptors (Lipinski definition) is 9. The summed E-state index contributed by atoms with van der Waals surface area (Å²) < 4.78 is 15.4. The molecule has 0 fully saturated rings. The third kappa shape index (κ3) is 6.28. The van der Waals surface area contributed by atoms with Crippen LogP contribution in [-0.2, 0) is 45.2 Å². The molecule has 12 nitrogen and oxygen atoms in total. The number of carboxylic acids is 1. The van der Waals surface area contributed by atoms with Gasteiger partial charge in [0.25, 0.3) is 0 Å². The third-order valence-electron chi connectivity index (χ3n) is 10.7. The number of aromatic nitrogens is 4. The summed E-state index contributed by atoms with van der Waals surface area (Å²) in [5.74, 6) is -3.64. The first-order valence-corrected chi connectivity index (χ1v) is 17.2. The van der Waals surface area contributed by atoms with Crippen molar-refractivity contribution in [3.8, 4) is 0 Å². The van der Waals surface area contributed by atoms with Crippen LogP contribution in [0.15, 0.2) is 54.6 Å². The zero-order chi connectivity index (χ0) is 38.4. The van der Waals surface area contributed by atoms with Crippen molar-refractivity contribution in [1.82, 2.24) is 19.9 Å². The van der Waals surface area contributed by atoms with Gasteiger partial charge in [-0.1, -0.05) is 24.8 Å². The molecule has 4 aliphatic rings. The summed E-state index contributed by atoms with van der Waals surface area (Å²) in [4.78, 5) is 68.1. The van der Waals surface area contributed by atoms with E-state index in [1.165, 1.54) is 21.3 Å². The molecule has 0 saturated heterocycles. The number of nitrogens with zero attached hydrogens (tertiary/aromatic N) is 2. The zero-order valence-corrected chi connectivity index (χ0v) is 30.9. The van der Waals surface area contributed by atoms with Gasteiger partial charge in [0.2, 0.25) is 0 Å². The quantitative estimate of drug-likeness (QED) is 0.189. The van der Waals surface area contributed by atoms with Gasteiger partial charge in [0.05, 0.1) is 55.1 Å². The van der Waals surface area contributed by atoms with Crippen molar-refractivity contribution in [1.29, 1.82) is 0 Å². The Hall–Kier alpha value is -6.04. The van der Waals surface area contributed by atoms with Crippen molar-refractivity contribution < 1.29 is 38.5 Å². The highest BCUT2D eigenvalue weighted by Gasteiger charge is 2.53. The fourth-order valence-electron chi connectivity index (χ4n) is 7.70. The largest absolute Gasteiger partial charge is 0.481 e. The molecule has 5 heterocycles. The SMILES string of the molecule is C=CC1=C(C)c2cc3[nH]c(cc4nc(cc5[nH]c(cc1n2)c(C)c5CCC(=O)O)C(CCC(=O)OC)=C4C)[C@@]1(C)C3=CC=C(C(=O)OC)[C@H]1C(=O)OC. The number of aromatic amines is 2. The minimum Gasteiger partial charge on any atom is -0.481 e. The lowest BCUT2D eigenvalue weighted by atomic mass is 9.64. The Morgan fingerprint density at radius 1 is 0.849 bits per heavy atom. The van der Waals surface area contributed by atoms with E-state index in [1.54, 1.807) is 12.2 Å². The van der Waals surface area contributed by atoms with E-state index in [0.29, 0.717) is 46.1 Å². The maximum absolute atomic E-state index is 13.7. The maximum atomic E-state index is 13.7. The number of aryl methyl sites for hydroxylation is 2. The first-order valence-electron chi connectivity index (χ1n) is 17.2. The topological polar surface area (TPSA) is 174 Å². The molecule has 53 heavy (non-hydrogen) atoms. The first kappa shape index (κ1) is 36.7. The molecular formula is C41H42N4O8. The lowest BCUT2D eigenvalue weighted by Crippen LogP contribution is -2.42. The number of fused-ring (bicyclic) bond motifs is 11. The summed E-state index contributed by atoms with van der Waals surface area (Å²) in [6, 6.07) is 7.59. The number of aliphatic carboxylic acids is 1.